The molecule has 172 valence electrons. The number of nitrogens with one attached hydrogen (secondary N) is 2. The van der Waals surface area contributed by atoms with Crippen LogP contribution < -0.4 is 15.4 Å². The third-order valence-corrected chi connectivity index (χ3v) is 5.89. The fourth-order valence-corrected chi connectivity index (χ4v) is 4.02. The van der Waals surface area contributed by atoms with Crippen molar-refractivity contribution in [1.29, 1.82) is 0 Å². The van der Waals surface area contributed by atoms with E-state index in [1.54, 1.807) is 6.20 Å². The van der Waals surface area contributed by atoms with Crippen molar-refractivity contribution in [3.63, 3.8) is 0 Å². The van der Waals surface area contributed by atoms with Crippen LogP contribution >= 0.6 is 0 Å². The van der Waals surface area contributed by atoms with Gasteiger partial charge in [0.2, 0.25) is 5.88 Å². The molecule has 1 aliphatic heterocycles. The molecule has 1 aromatic heterocycles. The van der Waals surface area contributed by atoms with Gasteiger partial charge in [0.25, 0.3) is 0 Å². The second kappa shape index (κ2) is 12.0. The highest BCUT2D eigenvalue weighted by Crippen LogP contribution is 2.14. The molecule has 1 aliphatic rings. The zero-order chi connectivity index (χ0) is 22.7. The number of nitrogens with zero attached hydrogens (tertiary/aromatic N) is 3. The molecule has 33 heavy (non-hydrogen) atoms. The maximum absolute atomic E-state index is 5.85. The lowest BCUT2D eigenvalue weighted by atomic mass is 10.0. The monoisotopic (exact) mass is 443 g/mol. The highest BCUT2D eigenvalue weighted by molar-refractivity contribution is 5.79. The van der Waals surface area contributed by atoms with Crippen molar-refractivity contribution in [2.24, 2.45) is 4.99 Å². The second-order valence-electron chi connectivity index (χ2n) is 8.38. The fourth-order valence-electron chi connectivity index (χ4n) is 4.02. The van der Waals surface area contributed by atoms with E-state index in [1.807, 2.05) is 49.5 Å². The van der Waals surface area contributed by atoms with E-state index in [0.29, 0.717) is 25.1 Å². The molecule has 1 fully saturated rings. The average Bonchev–Trinajstić information content (AvgIpc) is 2.88. The standard InChI is InChI=1S/C27H33N5O/c1-28-27(31-25-13-16-32(17-14-25)20-22-8-4-2-5-9-22)30-19-24-12-15-29-26(18-24)33-21-23-10-6-3-7-11-23/h2-12,15,18,25H,13-14,16-17,19-21H2,1H3,(H2,28,30,31). The molecular formula is C27H33N5O. The van der Waals surface area contributed by atoms with Gasteiger partial charge in [0.15, 0.2) is 5.96 Å². The third kappa shape index (κ3) is 7.32. The number of pyridine rings is 1. The predicted octanol–water partition coefficient (Wildman–Crippen LogP) is 3.99. The van der Waals surface area contributed by atoms with Crippen molar-refractivity contribution in [1.82, 2.24) is 20.5 Å². The summed E-state index contributed by atoms with van der Waals surface area (Å²) in [6.07, 6.45) is 4.01. The van der Waals surface area contributed by atoms with Gasteiger partial charge < -0.3 is 15.4 Å². The normalized spacial score (nSPS) is 15.2. The molecule has 0 spiro atoms. The molecule has 0 amide bonds. The number of benzene rings is 2. The lowest BCUT2D eigenvalue weighted by Crippen LogP contribution is -2.48. The Morgan fingerprint density at radius 2 is 1.67 bits per heavy atom. The summed E-state index contributed by atoms with van der Waals surface area (Å²) in [5.74, 6) is 1.46. The predicted molar refractivity (Wildman–Crippen MR) is 133 cm³/mol. The van der Waals surface area contributed by atoms with Crippen LogP contribution in [0.2, 0.25) is 0 Å². The van der Waals surface area contributed by atoms with Crippen LogP contribution in [-0.2, 0) is 19.7 Å². The quantitative estimate of drug-likeness (QED) is 0.407. The zero-order valence-corrected chi connectivity index (χ0v) is 19.3. The number of rotatable bonds is 8. The fraction of sp³-hybridized carbons (Fsp3) is 0.333. The van der Waals surface area contributed by atoms with E-state index in [1.165, 1.54) is 5.56 Å². The van der Waals surface area contributed by atoms with Crippen LogP contribution in [0.1, 0.15) is 29.5 Å². The Hall–Kier alpha value is -3.38. The second-order valence-corrected chi connectivity index (χ2v) is 8.38. The van der Waals surface area contributed by atoms with Gasteiger partial charge in [-0.15, -0.1) is 0 Å². The number of likely N-dealkylation sites (tertiary alicyclic amines) is 1. The van der Waals surface area contributed by atoms with Gasteiger partial charge in [-0.3, -0.25) is 9.89 Å². The summed E-state index contributed by atoms with van der Waals surface area (Å²) >= 11 is 0. The van der Waals surface area contributed by atoms with Crippen molar-refractivity contribution in [2.45, 2.75) is 38.6 Å². The lowest BCUT2D eigenvalue weighted by molar-refractivity contribution is 0.198. The number of ether oxygens (including phenoxy) is 1. The van der Waals surface area contributed by atoms with Crippen LogP contribution in [0, 0.1) is 0 Å². The molecule has 3 aromatic rings. The molecule has 0 atom stereocenters. The van der Waals surface area contributed by atoms with Crippen LogP contribution in [0.4, 0.5) is 0 Å². The minimum absolute atomic E-state index is 0.436. The van der Waals surface area contributed by atoms with Crippen LogP contribution in [0.5, 0.6) is 5.88 Å². The summed E-state index contributed by atoms with van der Waals surface area (Å²) < 4.78 is 5.85. The molecule has 0 aliphatic carbocycles. The van der Waals surface area contributed by atoms with E-state index >= 15 is 0 Å². The lowest BCUT2D eigenvalue weighted by Gasteiger charge is -2.33. The molecule has 0 radical (unpaired) electrons. The molecule has 0 saturated carbocycles. The summed E-state index contributed by atoms with van der Waals surface area (Å²) in [6, 6.07) is 25.2. The number of guanidine groups is 1. The first-order chi connectivity index (χ1) is 16.3. The van der Waals surface area contributed by atoms with Gasteiger partial charge in [0.05, 0.1) is 0 Å². The summed E-state index contributed by atoms with van der Waals surface area (Å²) in [5, 5.41) is 7.01. The van der Waals surface area contributed by atoms with E-state index in [2.05, 4.69) is 55.8 Å². The van der Waals surface area contributed by atoms with E-state index in [0.717, 1.165) is 49.6 Å². The van der Waals surface area contributed by atoms with Gasteiger partial charge >= 0.3 is 0 Å². The first-order valence-corrected chi connectivity index (χ1v) is 11.6. The van der Waals surface area contributed by atoms with E-state index in [4.69, 9.17) is 4.74 Å². The Balaban J connectivity index is 1.20. The van der Waals surface area contributed by atoms with Gasteiger partial charge in [-0.1, -0.05) is 60.7 Å². The topological polar surface area (TPSA) is 61.8 Å². The van der Waals surface area contributed by atoms with Crippen LogP contribution in [-0.4, -0.2) is 42.0 Å². The molecule has 2 N–H and O–H groups in total. The molecule has 0 unspecified atom stereocenters. The van der Waals surface area contributed by atoms with Crippen LogP contribution in [0.25, 0.3) is 0 Å². The summed E-state index contributed by atoms with van der Waals surface area (Å²) in [5.41, 5.74) is 3.61. The van der Waals surface area contributed by atoms with E-state index in [9.17, 15) is 0 Å². The van der Waals surface area contributed by atoms with Crippen molar-refractivity contribution in [2.75, 3.05) is 20.1 Å². The maximum atomic E-state index is 5.85. The Bertz CT molecular complexity index is 1000. The first-order valence-electron chi connectivity index (χ1n) is 11.6. The van der Waals surface area contributed by atoms with Crippen molar-refractivity contribution in [3.8, 4) is 5.88 Å². The Labute approximate surface area is 196 Å². The Morgan fingerprint density at radius 3 is 2.36 bits per heavy atom. The van der Waals surface area contributed by atoms with Crippen LogP contribution in [0.15, 0.2) is 84.0 Å². The summed E-state index contributed by atoms with van der Waals surface area (Å²) in [6.45, 7) is 4.39. The van der Waals surface area contributed by atoms with Crippen molar-refractivity contribution >= 4 is 5.96 Å². The minimum atomic E-state index is 0.436. The van der Waals surface area contributed by atoms with Gasteiger partial charge in [0, 0.05) is 51.5 Å². The summed E-state index contributed by atoms with van der Waals surface area (Å²) in [7, 11) is 1.82. The molecule has 1 saturated heterocycles. The first kappa shape index (κ1) is 22.8. The molecular weight excluding hydrogens is 410 g/mol. The Kier molecular flexibility index (Phi) is 8.30. The maximum Gasteiger partial charge on any atom is 0.213 e. The molecule has 4 rings (SSSR count). The van der Waals surface area contributed by atoms with Crippen molar-refractivity contribution < 1.29 is 4.74 Å². The number of piperidine rings is 1. The molecule has 2 aromatic carbocycles. The van der Waals surface area contributed by atoms with Gasteiger partial charge in [-0.05, 0) is 35.6 Å². The molecule has 6 heteroatoms. The average molecular weight is 444 g/mol. The number of hydrogen-bond acceptors (Lipinski definition) is 4. The molecule has 0 bridgehead atoms. The van der Waals surface area contributed by atoms with Crippen LogP contribution in [0.3, 0.4) is 0 Å². The highest BCUT2D eigenvalue weighted by atomic mass is 16.5. The highest BCUT2D eigenvalue weighted by Gasteiger charge is 2.20. The van der Waals surface area contributed by atoms with E-state index in [-0.39, 0.29) is 0 Å². The molecule has 6 nitrogen and oxygen atoms in total. The van der Waals surface area contributed by atoms with E-state index < -0.39 is 0 Å². The van der Waals surface area contributed by atoms with Gasteiger partial charge in [-0.2, -0.15) is 0 Å². The SMILES string of the molecule is CN=C(NCc1ccnc(OCc2ccccc2)c1)NC1CCN(Cc2ccccc2)CC1. The summed E-state index contributed by atoms with van der Waals surface area (Å²) in [4.78, 5) is 11.3. The zero-order valence-electron chi connectivity index (χ0n) is 19.3. The number of aromatic nitrogens is 1. The number of hydrogen-bond donors (Lipinski definition) is 2. The van der Waals surface area contributed by atoms with Gasteiger partial charge in [-0.25, -0.2) is 4.98 Å². The van der Waals surface area contributed by atoms with Crippen molar-refractivity contribution in [3.05, 3.63) is 95.7 Å². The third-order valence-electron chi connectivity index (χ3n) is 5.89. The largest absolute Gasteiger partial charge is 0.473 e. The minimum Gasteiger partial charge on any atom is -0.473 e. The Morgan fingerprint density at radius 1 is 0.970 bits per heavy atom. The molecule has 2 heterocycles. The smallest absolute Gasteiger partial charge is 0.213 e. The van der Waals surface area contributed by atoms with Gasteiger partial charge in [0.1, 0.15) is 6.61 Å². The number of aliphatic imine (C=N–C) groups is 1.